The molecule has 2 heterocycles. The molecule has 2 aliphatic heterocycles. The zero-order chi connectivity index (χ0) is 12.8. The molecule has 0 radical (unpaired) electrons. The average Bonchev–Trinajstić information content (AvgIpc) is 2.82. The number of nitrogens with one attached hydrogen (secondary N) is 1. The first-order valence-electron chi connectivity index (χ1n) is 6.18. The van der Waals surface area contributed by atoms with Crippen molar-refractivity contribution in [1.82, 2.24) is 5.32 Å². The van der Waals surface area contributed by atoms with E-state index in [4.69, 9.17) is 9.47 Å². The van der Waals surface area contributed by atoms with E-state index in [1.807, 2.05) is 12.2 Å². The normalized spacial score (nSPS) is 27.3. The lowest BCUT2D eigenvalue weighted by atomic mass is 9.98. The van der Waals surface area contributed by atoms with Crippen LogP contribution in [0.5, 0.6) is 0 Å². The van der Waals surface area contributed by atoms with Crippen molar-refractivity contribution in [1.29, 1.82) is 0 Å². The SMILES string of the molecule is COC(=O)/C=C/C=C/[C@@H]1CC2(CCN1)OCCO2. The summed E-state index contributed by atoms with van der Waals surface area (Å²) in [6, 6.07) is 0.208. The van der Waals surface area contributed by atoms with Gasteiger partial charge in [-0.05, 0) is 0 Å². The Bertz CT molecular complexity index is 345. The number of hydrogen-bond acceptors (Lipinski definition) is 5. The lowest BCUT2D eigenvalue weighted by Crippen LogP contribution is -2.47. The quantitative estimate of drug-likeness (QED) is 0.457. The predicted molar refractivity (Wildman–Crippen MR) is 66.0 cm³/mol. The molecule has 2 aliphatic rings. The van der Waals surface area contributed by atoms with Crippen LogP contribution in [0.25, 0.3) is 0 Å². The molecule has 0 unspecified atom stereocenters. The Kier molecular flexibility index (Phi) is 4.52. The van der Waals surface area contributed by atoms with E-state index in [0.29, 0.717) is 13.2 Å². The number of rotatable bonds is 3. The maximum Gasteiger partial charge on any atom is 0.330 e. The minimum Gasteiger partial charge on any atom is -0.466 e. The highest BCUT2D eigenvalue weighted by Gasteiger charge is 2.40. The van der Waals surface area contributed by atoms with Gasteiger partial charge in [0, 0.05) is 31.5 Å². The van der Waals surface area contributed by atoms with Crippen LogP contribution < -0.4 is 5.32 Å². The van der Waals surface area contributed by atoms with Crippen LogP contribution in [-0.4, -0.2) is 44.7 Å². The third-order valence-electron chi connectivity index (χ3n) is 3.14. The molecule has 2 rings (SSSR count). The summed E-state index contributed by atoms with van der Waals surface area (Å²) in [5.74, 6) is -0.748. The van der Waals surface area contributed by atoms with Crippen molar-refractivity contribution in [2.75, 3.05) is 26.9 Å². The topological polar surface area (TPSA) is 56.8 Å². The molecule has 5 nitrogen and oxygen atoms in total. The molecule has 2 fully saturated rings. The molecular weight excluding hydrogens is 234 g/mol. The van der Waals surface area contributed by atoms with Crippen LogP contribution in [0.4, 0.5) is 0 Å². The smallest absolute Gasteiger partial charge is 0.330 e. The van der Waals surface area contributed by atoms with Gasteiger partial charge in [0.15, 0.2) is 5.79 Å². The van der Waals surface area contributed by atoms with Crippen molar-refractivity contribution in [3.05, 3.63) is 24.3 Å². The van der Waals surface area contributed by atoms with Gasteiger partial charge >= 0.3 is 5.97 Å². The summed E-state index contributed by atoms with van der Waals surface area (Å²) in [6.45, 7) is 2.23. The van der Waals surface area contributed by atoms with E-state index >= 15 is 0 Å². The van der Waals surface area contributed by atoms with E-state index in [9.17, 15) is 4.79 Å². The van der Waals surface area contributed by atoms with Crippen LogP contribution >= 0.6 is 0 Å². The van der Waals surface area contributed by atoms with E-state index in [1.165, 1.54) is 13.2 Å². The van der Waals surface area contributed by atoms with Gasteiger partial charge < -0.3 is 19.5 Å². The molecule has 100 valence electrons. The second kappa shape index (κ2) is 6.13. The molecule has 1 N–H and O–H groups in total. The first kappa shape index (κ1) is 13.3. The largest absolute Gasteiger partial charge is 0.466 e. The third-order valence-corrected chi connectivity index (χ3v) is 3.14. The summed E-state index contributed by atoms with van der Waals surface area (Å²) >= 11 is 0. The van der Waals surface area contributed by atoms with Crippen LogP contribution in [0.2, 0.25) is 0 Å². The number of hydrogen-bond donors (Lipinski definition) is 1. The zero-order valence-electron chi connectivity index (χ0n) is 10.6. The van der Waals surface area contributed by atoms with Crippen molar-refractivity contribution >= 4 is 5.97 Å². The van der Waals surface area contributed by atoms with Gasteiger partial charge in [0.2, 0.25) is 0 Å². The molecular formula is C13H19NO4. The fraction of sp³-hybridized carbons (Fsp3) is 0.615. The molecule has 0 amide bonds. The first-order valence-corrected chi connectivity index (χ1v) is 6.18. The molecule has 2 saturated heterocycles. The van der Waals surface area contributed by atoms with Crippen molar-refractivity contribution in [2.45, 2.75) is 24.7 Å². The van der Waals surface area contributed by atoms with Gasteiger partial charge in [-0.1, -0.05) is 18.2 Å². The maximum atomic E-state index is 10.9. The molecule has 0 aromatic carbocycles. The van der Waals surface area contributed by atoms with Crippen LogP contribution in [0.3, 0.4) is 0 Å². The van der Waals surface area contributed by atoms with Crippen LogP contribution in [0.15, 0.2) is 24.3 Å². The number of esters is 1. The number of carbonyl (C=O) groups excluding carboxylic acids is 1. The van der Waals surface area contributed by atoms with Gasteiger partial charge in [-0.15, -0.1) is 0 Å². The number of allylic oxidation sites excluding steroid dienone is 2. The first-order chi connectivity index (χ1) is 8.74. The van der Waals surface area contributed by atoms with Crippen molar-refractivity contribution in [2.24, 2.45) is 0 Å². The Morgan fingerprint density at radius 2 is 2.17 bits per heavy atom. The average molecular weight is 253 g/mol. The van der Waals surface area contributed by atoms with E-state index in [1.54, 1.807) is 6.08 Å². The highest BCUT2D eigenvalue weighted by molar-refractivity contribution is 5.82. The van der Waals surface area contributed by atoms with Crippen molar-refractivity contribution < 1.29 is 19.0 Å². The second-order valence-electron chi connectivity index (χ2n) is 4.39. The predicted octanol–water partition coefficient (Wildman–Crippen LogP) is 0.767. The second-order valence-corrected chi connectivity index (χ2v) is 4.39. The zero-order valence-corrected chi connectivity index (χ0v) is 10.6. The summed E-state index contributed by atoms with van der Waals surface area (Å²) in [4.78, 5) is 10.9. The fourth-order valence-corrected chi connectivity index (χ4v) is 2.25. The molecule has 18 heavy (non-hydrogen) atoms. The maximum absolute atomic E-state index is 10.9. The molecule has 5 heteroatoms. The Balaban J connectivity index is 1.84. The van der Waals surface area contributed by atoms with E-state index in [-0.39, 0.29) is 12.0 Å². The molecule has 0 bridgehead atoms. The molecule has 1 spiro atoms. The van der Waals surface area contributed by atoms with E-state index in [0.717, 1.165) is 19.4 Å². The van der Waals surface area contributed by atoms with Crippen LogP contribution in [0.1, 0.15) is 12.8 Å². The minimum atomic E-state index is -0.397. The highest BCUT2D eigenvalue weighted by Crippen LogP contribution is 2.31. The summed E-state index contributed by atoms with van der Waals surface area (Å²) in [5, 5.41) is 3.38. The number of carbonyl (C=O) groups is 1. The van der Waals surface area contributed by atoms with Crippen molar-refractivity contribution in [3.8, 4) is 0 Å². The van der Waals surface area contributed by atoms with E-state index < -0.39 is 5.79 Å². The molecule has 0 aliphatic carbocycles. The van der Waals surface area contributed by atoms with Gasteiger partial charge in [0.1, 0.15) is 0 Å². The Morgan fingerprint density at radius 3 is 2.89 bits per heavy atom. The molecule has 0 aromatic heterocycles. The summed E-state index contributed by atoms with van der Waals surface area (Å²) < 4.78 is 15.9. The van der Waals surface area contributed by atoms with E-state index in [2.05, 4.69) is 10.1 Å². The lowest BCUT2D eigenvalue weighted by molar-refractivity contribution is -0.177. The molecule has 0 saturated carbocycles. The van der Waals surface area contributed by atoms with Gasteiger partial charge in [-0.25, -0.2) is 4.79 Å². The standard InChI is InChI=1S/C13H19NO4/c1-16-12(15)5-3-2-4-11-10-13(6-7-14-11)17-8-9-18-13/h2-5,11,14H,6-10H2,1H3/b4-2+,5-3+/t11-/m1/s1. The van der Waals surface area contributed by atoms with Gasteiger partial charge in [0.05, 0.1) is 20.3 Å². The monoisotopic (exact) mass is 253 g/mol. The number of methoxy groups -OCH3 is 1. The summed E-state index contributed by atoms with van der Waals surface area (Å²) in [6.07, 6.45) is 8.58. The molecule has 1 atom stereocenters. The summed E-state index contributed by atoms with van der Waals surface area (Å²) in [7, 11) is 1.36. The van der Waals surface area contributed by atoms with Crippen LogP contribution in [0, 0.1) is 0 Å². The Morgan fingerprint density at radius 1 is 1.39 bits per heavy atom. The Hall–Kier alpha value is -1.17. The Labute approximate surface area is 107 Å². The number of ether oxygens (including phenoxy) is 3. The van der Waals surface area contributed by atoms with Gasteiger partial charge in [-0.2, -0.15) is 0 Å². The van der Waals surface area contributed by atoms with Gasteiger partial charge in [0.25, 0.3) is 0 Å². The third kappa shape index (κ3) is 3.41. The van der Waals surface area contributed by atoms with Crippen LogP contribution in [-0.2, 0) is 19.0 Å². The van der Waals surface area contributed by atoms with Crippen molar-refractivity contribution in [3.63, 3.8) is 0 Å². The summed E-state index contributed by atoms with van der Waals surface area (Å²) in [5.41, 5.74) is 0. The number of piperidine rings is 1. The van der Waals surface area contributed by atoms with Gasteiger partial charge in [-0.3, -0.25) is 0 Å². The highest BCUT2D eigenvalue weighted by atomic mass is 16.7. The molecule has 0 aromatic rings. The minimum absolute atomic E-state index is 0.208. The lowest BCUT2D eigenvalue weighted by Gasteiger charge is -2.35. The fourth-order valence-electron chi connectivity index (χ4n) is 2.25.